The number of amides is 1. The van der Waals surface area contributed by atoms with Gasteiger partial charge < -0.3 is 15.3 Å². The van der Waals surface area contributed by atoms with Crippen molar-refractivity contribution in [2.45, 2.75) is 32.8 Å². The van der Waals surface area contributed by atoms with Gasteiger partial charge in [0.2, 0.25) is 5.91 Å². The molecule has 1 aliphatic heterocycles. The number of piperidine rings is 1. The van der Waals surface area contributed by atoms with Crippen LogP contribution in [-0.4, -0.2) is 42.1 Å². The quantitative estimate of drug-likeness (QED) is 0.838. The maximum absolute atomic E-state index is 11.9. The fourth-order valence-corrected chi connectivity index (χ4v) is 2.91. The van der Waals surface area contributed by atoms with Crippen molar-refractivity contribution >= 4 is 5.91 Å². The highest BCUT2D eigenvalue weighted by Crippen LogP contribution is 2.21. The summed E-state index contributed by atoms with van der Waals surface area (Å²) in [6.45, 7) is 6.38. The second-order valence-electron chi connectivity index (χ2n) is 7.12. The molecule has 1 aromatic carbocycles. The average Bonchev–Trinajstić information content (AvgIpc) is 2.61. The number of carbonyl (C=O) groups is 1. The van der Waals surface area contributed by atoms with Crippen LogP contribution in [0.25, 0.3) is 0 Å². The predicted molar refractivity (Wildman–Crippen MR) is 93.0 cm³/mol. The van der Waals surface area contributed by atoms with Gasteiger partial charge in [-0.05, 0) is 51.3 Å². The Morgan fingerprint density at radius 2 is 2.00 bits per heavy atom. The number of β-amino-alcohol motifs (C(OH)–C–C–N with tert-alkyl or cyclic N) is 1. The number of benzene rings is 1. The summed E-state index contributed by atoms with van der Waals surface area (Å²) in [4.78, 5) is 14.2. The van der Waals surface area contributed by atoms with E-state index < -0.39 is 11.5 Å². The lowest BCUT2D eigenvalue weighted by Gasteiger charge is -2.33. The Balaban J connectivity index is 1.72. The molecule has 0 bridgehead atoms. The van der Waals surface area contributed by atoms with Crippen LogP contribution in [0.1, 0.15) is 38.4 Å². The van der Waals surface area contributed by atoms with Gasteiger partial charge in [0.1, 0.15) is 5.41 Å². The van der Waals surface area contributed by atoms with Crippen molar-refractivity contribution in [3.8, 4) is 6.07 Å². The maximum Gasteiger partial charge on any atom is 0.239 e. The zero-order chi connectivity index (χ0) is 17.6. The van der Waals surface area contributed by atoms with E-state index in [9.17, 15) is 9.90 Å². The number of aliphatic hydroxyl groups is 1. The fourth-order valence-electron chi connectivity index (χ4n) is 2.91. The Bertz CT molecular complexity index is 572. The zero-order valence-corrected chi connectivity index (χ0v) is 14.5. The minimum Gasteiger partial charge on any atom is -0.387 e. The molecule has 0 spiro atoms. The Morgan fingerprint density at radius 1 is 1.38 bits per heavy atom. The third-order valence-corrected chi connectivity index (χ3v) is 4.72. The molecule has 1 saturated heterocycles. The molecule has 1 amide bonds. The second-order valence-corrected chi connectivity index (χ2v) is 7.12. The smallest absolute Gasteiger partial charge is 0.239 e. The summed E-state index contributed by atoms with van der Waals surface area (Å²) < 4.78 is 0. The highest BCUT2D eigenvalue weighted by molar-refractivity contribution is 5.84. The van der Waals surface area contributed by atoms with E-state index in [-0.39, 0.29) is 5.91 Å². The Morgan fingerprint density at radius 3 is 2.58 bits per heavy atom. The van der Waals surface area contributed by atoms with Crippen molar-refractivity contribution in [2.24, 2.45) is 11.3 Å². The summed E-state index contributed by atoms with van der Waals surface area (Å²) in [6, 6.07) is 11.8. The molecule has 1 atom stereocenters. The lowest BCUT2D eigenvalue weighted by Crippen LogP contribution is -2.42. The Kier molecular flexibility index (Phi) is 6.36. The molecule has 5 heteroatoms. The molecule has 2 rings (SSSR count). The summed E-state index contributed by atoms with van der Waals surface area (Å²) >= 11 is 0. The van der Waals surface area contributed by atoms with Crippen molar-refractivity contribution in [1.82, 2.24) is 10.2 Å². The van der Waals surface area contributed by atoms with Crippen molar-refractivity contribution < 1.29 is 9.90 Å². The number of carbonyl (C=O) groups excluding carboxylic acids is 1. The number of aliphatic hydroxyl groups excluding tert-OH is 1. The molecule has 2 N–H and O–H groups in total. The first-order valence-electron chi connectivity index (χ1n) is 8.57. The van der Waals surface area contributed by atoms with Crippen LogP contribution in [0.3, 0.4) is 0 Å². The average molecular weight is 329 g/mol. The number of hydrogen-bond acceptors (Lipinski definition) is 4. The van der Waals surface area contributed by atoms with Gasteiger partial charge in [-0.15, -0.1) is 0 Å². The molecular weight excluding hydrogens is 302 g/mol. The second kappa shape index (κ2) is 8.27. The van der Waals surface area contributed by atoms with E-state index in [1.54, 1.807) is 13.8 Å². The third-order valence-electron chi connectivity index (χ3n) is 4.72. The molecular formula is C19H27N3O2. The van der Waals surface area contributed by atoms with E-state index in [0.29, 0.717) is 19.0 Å². The van der Waals surface area contributed by atoms with Crippen LogP contribution in [0, 0.1) is 22.7 Å². The van der Waals surface area contributed by atoms with Crippen LogP contribution in [0.4, 0.5) is 0 Å². The van der Waals surface area contributed by atoms with Crippen molar-refractivity contribution in [3.05, 3.63) is 35.9 Å². The third kappa shape index (κ3) is 5.05. The standard InChI is InChI=1S/C19H27N3O2/c1-19(2,14-20)18(24)21-12-15-8-10-22(11-9-15)13-17(23)16-6-4-3-5-7-16/h3-7,15,17,23H,8-13H2,1-2H3,(H,21,24). The van der Waals surface area contributed by atoms with E-state index in [0.717, 1.165) is 31.5 Å². The fraction of sp³-hybridized carbons (Fsp3) is 0.579. The van der Waals surface area contributed by atoms with Crippen LogP contribution < -0.4 is 5.32 Å². The lowest BCUT2D eigenvalue weighted by molar-refractivity contribution is -0.127. The number of rotatable bonds is 6. The van der Waals surface area contributed by atoms with Gasteiger partial charge in [0.05, 0.1) is 12.2 Å². The van der Waals surface area contributed by atoms with Gasteiger partial charge in [0.15, 0.2) is 0 Å². The normalized spacial score (nSPS) is 17.9. The number of nitrogens with one attached hydrogen (secondary N) is 1. The highest BCUT2D eigenvalue weighted by Gasteiger charge is 2.28. The van der Waals surface area contributed by atoms with Crippen LogP contribution in [0.2, 0.25) is 0 Å². The molecule has 1 aromatic rings. The van der Waals surface area contributed by atoms with Gasteiger partial charge in [0, 0.05) is 13.1 Å². The van der Waals surface area contributed by atoms with Gasteiger partial charge >= 0.3 is 0 Å². The molecule has 1 fully saturated rings. The summed E-state index contributed by atoms with van der Waals surface area (Å²) in [7, 11) is 0. The highest BCUT2D eigenvalue weighted by atomic mass is 16.3. The van der Waals surface area contributed by atoms with Gasteiger partial charge in [-0.2, -0.15) is 5.26 Å². The van der Waals surface area contributed by atoms with E-state index in [4.69, 9.17) is 5.26 Å². The Hall–Kier alpha value is -1.90. The Labute approximate surface area is 144 Å². The van der Waals surface area contributed by atoms with E-state index in [1.165, 1.54) is 0 Å². The van der Waals surface area contributed by atoms with Crippen LogP contribution in [0.5, 0.6) is 0 Å². The maximum atomic E-state index is 11.9. The topological polar surface area (TPSA) is 76.4 Å². The number of likely N-dealkylation sites (tertiary alicyclic amines) is 1. The summed E-state index contributed by atoms with van der Waals surface area (Å²) in [5, 5.41) is 22.2. The molecule has 5 nitrogen and oxygen atoms in total. The first-order valence-corrected chi connectivity index (χ1v) is 8.57. The van der Waals surface area contributed by atoms with Crippen molar-refractivity contribution in [1.29, 1.82) is 5.26 Å². The molecule has 1 unspecified atom stereocenters. The molecule has 24 heavy (non-hydrogen) atoms. The summed E-state index contributed by atoms with van der Waals surface area (Å²) in [5.74, 6) is 0.237. The van der Waals surface area contributed by atoms with E-state index >= 15 is 0 Å². The lowest BCUT2D eigenvalue weighted by atomic mass is 9.93. The molecule has 0 radical (unpaired) electrons. The molecule has 0 aliphatic carbocycles. The van der Waals surface area contributed by atoms with E-state index in [1.807, 2.05) is 36.4 Å². The van der Waals surface area contributed by atoms with Crippen LogP contribution in [-0.2, 0) is 4.79 Å². The minimum absolute atomic E-state index is 0.202. The monoisotopic (exact) mass is 329 g/mol. The zero-order valence-electron chi connectivity index (χ0n) is 14.5. The summed E-state index contributed by atoms with van der Waals surface area (Å²) in [5.41, 5.74) is -0.0221. The first kappa shape index (κ1) is 18.4. The summed E-state index contributed by atoms with van der Waals surface area (Å²) in [6.07, 6.45) is 1.53. The molecule has 1 heterocycles. The number of hydrogen-bond donors (Lipinski definition) is 2. The molecule has 0 aromatic heterocycles. The van der Waals surface area contributed by atoms with Gasteiger partial charge in [-0.25, -0.2) is 0 Å². The van der Waals surface area contributed by atoms with Gasteiger partial charge in [-0.1, -0.05) is 30.3 Å². The van der Waals surface area contributed by atoms with Crippen molar-refractivity contribution in [2.75, 3.05) is 26.2 Å². The SMILES string of the molecule is CC(C)(C#N)C(=O)NCC1CCN(CC(O)c2ccccc2)CC1. The molecule has 1 aliphatic rings. The largest absolute Gasteiger partial charge is 0.387 e. The number of nitrogens with zero attached hydrogens (tertiary/aromatic N) is 2. The molecule has 0 saturated carbocycles. The van der Waals surface area contributed by atoms with Gasteiger partial charge in [-0.3, -0.25) is 4.79 Å². The van der Waals surface area contributed by atoms with E-state index in [2.05, 4.69) is 10.2 Å². The van der Waals surface area contributed by atoms with Crippen LogP contribution >= 0.6 is 0 Å². The number of nitriles is 1. The molecule has 130 valence electrons. The predicted octanol–water partition coefficient (Wildman–Crippen LogP) is 2.10. The van der Waals surface area contributed by atoms with Crippen molar-refractivity contribution in [3.63, 3.8) is 0 Å². The van der Waals surface area contributed by atoms with Crippen LogP contribution in [0.15, 0.2) is 30.3 Å². The minimum atomic E-state index is -0.972. The van der Waals surface area contributed by atoms with Gasteiger partial charge in [0.25, 0.3) is 0 Å². The first-order chi connectivity index (χ1) is 11.4.